The molecular formula is C32H27FIrN2SSi-2. The minimum Gasteiger partial charge on any atom is -0.305 e. The van der Waals surface area contributed by atoms with E-state index in [0.717, 1.165) is 22.5 Å². The molecule has 1 radical (unpaired) electrons. The Morgan fingerprint density at radius 3 is 2.34 bits per heavy atom. The third kappa shape index (κ3) is 6.16. The average molecular weight is 711 g/mol. The third-order valence-electron chi connectivity index (χ3n) is 6.19. The third-order valence-corrected chi connectivity index (χ3v) is 9.42. The minimum absolute atomic E-state index is 0. The Labute approximate surface area is 242 Å². The SMILES string of the molecule is C[Si](C)(C)c1ccc(-c2[c-]cc(F)cc2)nc1.Cc1ccnc(-c2[c-]ccc3c2sc2ccccc23)c1.[Ir]. The van der Waals surface area contributed by atoms with E-state index in [4.69, 9.17) is 0 Å². The Morgan fingerprint density at radius 2 is 1.66 bits per heavy atom. The van der Waals surface area contributed by atoms with Gasteiger partial charge in [0.15, 0.2) is 0 Å². The molecule has 0 aliphatic carbocycles. The van der Waals surface area contributed by atoms with E-state index in [-0.39, 0.29) is 25.9 Å². The summed E-state index contributed by atoms with van der Waals surface area (Å²) in [6, 6.07) is 31.6. The molecule has 0 fully saturated rings. The second-order valence-electron chi connectivity index (χ2n) is 10.0. The Hall–Kier alpha value is -3.02. The summed E-state index contributed by atoms with van der Waals surface area (Å²) in [5.41, 5.74) is 5.00. The van der Waals surface area contributed by atoms with Gasteiger partial charge >= 0.3 is 0 Å². The number of aryl methyl sites for hydroxylation is 1. The summed E-state index contributed by atoms with van der Waals surface area (Å²) in [4.78, 5) is 8.93. The van der Waals surface area contributed by atoms with Crippen molar-refractivity contribution in [3.05, 3.63) is 115 Å². The van der Waals surface area contributed by atoms with E-state index in [1.165, 1.54) is 43.1 Å². The van der Waals surface area contributed by atoms with E-state index < -0.39 is 8.07 Å². The Kier molecular flexibility index (Phi) is 8.69. The summed E-state index contributed by atoms with van der Waals surface area (Å²) in [5.74, 6) is -0.271. The van der Waals surface area contributed by atoms with Crippen molar-refractivity contribution in [1.29, 1.82) is 0 Å². The van der Waals surface area contributed by atoms with Crippen LogP contribution in [-0.2, 0) is 20.1 Å². The predicted octanol–water partition coefficient (Wildman–Crippen LogP) is 8.46. The van der Waals surface area contributed by atoms with Gasteiger partial charge in [0.05, 0.1) is 8.07 Å². The van der Waals surface area contributed by atoms with Crippen LogP contribution in [0.15, 0.2) is 91.3 Å². The molecule has 2 nitrogen and oxygen atoms in total. The summed E-state index contributed by atoms with van der Waals surface area (Å²) in [7, 11) is -1.30. The maximum Gasteiger partial charge on any atom is 0.0795 e. The molecule has 6 aromatic rings. The van der Waals surface area contributed by atoms with Gasteiger partial charge in [0.1, 0.15) is 0 Å². The first-order valence-electron chi connectivity index (χ1n) is 12.2. The van der Waals surface area contributed by atoms with Gasteiger partial charge in [0.25, 0.3) is 0 Å². The molecule has 193 valence electrons. The summed E-state index contributed by atoms with van der Waals surface area (Å²) >= 11 is 1.82. The van der Waals surface area contributed by atoms with Crippen molar-refractivity contribution in [3.63, 3.8) is 0 Å². The van der Waals surface area contributed by atoms with Gasteiger partial charge < -0.3 is 9.97 Å². The first-order chi connectivity index (χ1) is 17.8. The van der Waals surface area contributed by atoms with Crippen molar-refractivity contribution in [2.75, 3.05) is 0 Å². The number of rotatable bonds is 3. The van der Waals surface area contributed by atoms with Crippen LogP contribution in [0.1, 0.15) is 5.56 Å². The van der Waals surface area contributed by atoms with E-state index in [9.17, 15) is 4.39 Å². The van der Waals surface area contributed by atoms with E-state index >= 15 is 0 Å². The molecule has 38 heavy (non-hydrogen) atoms. The Morgan fingerprint density at radius 1 is 0.842 bits per heavy atom. The number of hydrogen-bond acceptors (Lipinski definition) is 3. The van der Waals surface area contributed by atoms with E-state index in [2.05, 4.69) is 91.1 Å². The van der Waals surface area contributed by atoms with Gasteiger partial charge in [0, 0.05) is 43.0 Å². The predicted molar refractivity (Wildman–Crippen MR) is 158 cm³/mol. The molecule has 0 unspecified atom stereocenters. The summed E-state index contributed by atoms with van der Waals surface area (Å²) < 4.78 is 15.4. The van der Waals surface area contributed by atoms with Crippen LogP contribution in [0.4, 0.5) is 4.39 Å². The van der Waals surface area contributed by atoms with Crippen LogP contribution in [0, 0.1) is 24.9 Å². The molecule has 6 heteroatoms. The molecule has 0 bridgehead atoms. The second-order valence-corrected chi connectivity index (χ2v) is 16.1. The number of benzene rings is 3. The molecule has 3 aromatic carbocycles. The molecule has 0 amide bonds. The number of nitrogens with zero attached hydrogens (tertiary/aromatic N) is 2. The molecule has 0 saturated carbocycles. The van der Waals surface area contributed by atoms with Gasteiger partial charge in [-0.05, 0) is 45.7 Å². The first-order valence-corrected chi connectivity index (χ1v) is 16.5. The van der Waals surface area contributed by atoms with Crippen LogP contribution in [0.3, 0.4) is 0 Å². The van der Waals surface area contributed by atoms with Crippen molar-refractivity contribution in [2.45, 2.75) is 26.6 Å². The van der Waals surface area contributed by atoms with Crippen LogP contribution in [0.2, 0.25) is 19.6 Å². The number of halogens is 1. The summed E-state index contributed by atoms with van der Waals surface area (Å²) in [6.07, 6.45) is 3.80. The fraction of sp³-hybridized carbons (Fsp3) is 0.125. The zero-order valence-corrected chi connectivity index (χ0v) is 25.9. The number of aromatic nitrogens is 2. The normalized spacial score (nSPS) is 11.1. The van der Waals surface area contributed by atoms with Crippen LogP contribution in [0.5, 0.6) is 0 Å². The topological polar surface area (TPSA) is 25.8 Å². The van der Waals surface area contributed by atoms with Crippen LogP contribution >= 0.6 is 11.3 Å². The fourth-order valence-electron chi connectivity index (χ4n) is 4.12. The van der Waals surface area contributed by atoms with Gasteiger partial charge in [-0.2, -0.15) is 11.3 Å². The van der Waals surface area contributed by atoms with E-state index in [0.29, 0.717) is 0 Å². The van der Waals surface area contributed by atoms with Gasteiger partial charge in [0.2, 0.25) is 0 Å². The van der Waals surface area contributed by atoms with Gasteiger partial charge in [-0.3, -0.25) is 4.39 Å². The van der Waals surface area contributed by atoms with E-state index in [1.807, 2.05) is 41.9 Å². The molecule has 0 atom stereocenters. The second kappa shape index (κ2) is 11.8. The molecule has 0 N–H and O–H groups in total. The van der Waals surface area contributed by atoms with Crippen LogP contribution in [0.25, 0.3) is 42.7 Å². The standard InChI is InChI=1S/C18H12NS.C14H15FNSi.Ir/c1-12-9-10-19-16(11-12)15-7-4-6-14-13-5-2-3-8-17(13)20-18(14)15;1-17(2,3)13-8-9-14(16-10-13)11-4-6-12(15)7-5-11;/h2-6,8-11H,1H3;4,6-10H,1-3H3;/q2*-1;. The monoisotopic (exact) mass is 711 g/mol. The molecule has 6 rings (SSSR count). The first kappa shape index (κ1) is 28.0. The number of pyridine rings is 2. The smallest absolute Gasteiger partial charge is 0.0795 e. The summed E-state index contributed by atoms with van der Waals surface area (Å²) in [5, 5.41) is 3.93. The quantitative estimate of drug-likeness (QED) is 0.136. The zero-order valence-electron chi connectivity index (χ0n) is 21.7. The van der Waals surface area contributed by atoms with Crippen molar-refractivity contribution >= 4 is 44.8 Å². The molecule has 0 aliphatic rings. The average Bonchev–Trinajstić information content (AvgIpc) is 3.28. The number of thiophene rings is 1. The van der Waals surface area contributed by atoms with Crippen LogP contribution < -0.4 is 5.19 Å². The maximum atomic E-state index is 12.8. The Bertz CT molecular complexity index is 1670. The van der Waals surface area contributed by atoms with Crippen molar-refractivity contribution < 1.29 is 24.5 Å². The summed E-state index contributed by atoms with van der Waals surface area (Å²) in [6.45, 7) is 8.95. The molecule has 0 spiro atoms. The van der Waals surface area contributed by atoms with E-state index in [1.54, 1.807) is 6.07 Å². The molecular weight excluding hydrogens is 684 g/mol. The van der Waals surface area contributed by atoms with Crippen molar-refractivity contribution in [1.82, 2.24) is 9.97 Å². The van der Waals surface area contributed by atoms with Gasteiger partial charge in [-0.1, -0.05) is 67.0 Å². The van der Waals surface area contributed by atoms with Crippen LogP contribution in [-0.4, -0.2) is 18.0 Å². The minimum atomic E-state index is -1.30. The number of fused-ring (bicyclic) bond motifs is 3. The fourth-order valence-corrected chi connectivity index (χ4v) is 6.36. The van der Waals surface area contributed by atoms with Gasteiger partial charge in [-0.25, -0.2) is 0 Å². The maximum absolute atomic E-state index is 12.8. The number of hydrogen-bond donors (Lipinski definition) is 0. The molecule has 0 saturated heterocycles. The Balaban J connectivity index is 0.000000175. The van der Waals surface area contributed by atoms with Gasteiger partial charge in [-0.15, -0.1) is 53.6 Å². The van der Waals surface area contributed by atoms with Crippen molar-refractivity contribution in [3.8, 4) is 22.5 Å². The molecule has 0 aliphatic heterocycles. The van der Waals surface area contributed by atoms with Crippen molar-refractivity contribution in [2.24, 2.45) is 0 Å². The molecule has 3 aromatic heterocycles. The zero-order chi connectivity index (χ0) is 26.0. The largest absolute Gasteiger partial charge is 0.305 e. The molecule has 3 heterocycles.